The van der Waals surface area contributed by atoms with Gasteiger partial charge in [-0.25, -0.2) is 4.98 Å². The van der Waals surface area contributed by atoms with Crippen LogP contribution >= 0.6 is 11.3 Å². The maximum absolute atomic E-state index is 11.8. The Kier molecular flexibility index (Phi) is 5.27. The molecular weight excluding hydrogens is 298 g/mol. The van der Waals surface area contributed by atoms with Gasteiger partial charge in [0.15, 0.2) is 5.13 Å². The average molecular weight is 317 g/mol. The van der Waals surface area contributed by atoms with Crippen LogP contribution in [-0.4, -0.2) is 23.3 Å². The smallest absolute Gasteiger partial charge is 0.227 e. The van der Waals surface area contributed by atoms with Crippen LogP contribution in [0.1, 0.15) is 24.5 Å². The monoisotopic (exact) mass is 317 g/mol. The second kappa shape index (κ2) is 7.17. The molecule has 5 nitrogen and oxygen atoms in total. The molecule has 0 unspecified atom stereocenters. The van der Waals surface area contributed by atoms with Gasteiger partial charge in [0.2, 0.25) is 11.8 Å². The number of amides is 2. The number of carbonyl (C=O) groups is 2. The Balaban J connectivity index is 2.01. The van der Waals surface area contributed by atoms with Crippen molar-refractivity contribution in [2.24, 2.45) is 0 Å². The highest BCUT2D eigenvalue weighted by Crippen LogP contribution is 2.28. The first-order valence-electron chi connectivity index (χ1n) is 7.03. The van der Waals surface area contributed by atoms with Gasteiger partial charge in [0.05, 0.1) is 5.69 Å². The summed E-state index contributed by atoms with van der Waals surface area (Å²) in [4.78, 5) is 27.0. The lowest BCUT2D eigenvalue weighted by Gasteiger charge is -2.04. The van der Waals surface area contributed by atoms with E-state index in [9.17, 15) is 9.59 Å². The number of nitrogens with one attached hydrogen (secondary N) is 2. The van der Waals surface area contributed by atoms with Crippen LogP contribution in [0.4, 0.5) is 5.13 Å². The Bertz CT molecular complexity index is 694. The summed E-state index contributed by atoms with van der Waals surface area (Å²) in [5.41, 5.74) is 4.27. The standard InChI is InChI=1S/C16H19N3O2S/c1-10-4-5-11(2)13(8-10)14-9-22-16(18-14)19-15(21)6-7-17-12(3)20/h4-5,8-9H,6-7H2,1-3H3,(H,17,20)(H,18,19,21). The fraction of sp³-hybridized carbons (Fsp3) is 0.312. The van der Waals surface area contributed by atoms with E-state index in [2.05, 4.69) is 33.8 Å². The zero-order valence-corrected chi connectivity index (χ0v) is 13.7. The number of rotatable bonds is 5. The summed E-state index contributed by atoms with van der Waals surface area (Å²) in [6.45, 7) is 5.84. The lowest BCUT2D eigenvalue weighted by molar-refractivity contribution is -0.119. The van der Waals surface area contributed by atoms with Gasteiger partial charge in [-0.3, -0.25) is 9.59 Å². The summed E-state index contributed by atoms with van der Waals surface area (Å²) in [6.07, 6.45) is 0.234. The van der Waals surface area contributed by atoms with Gasteiger partial charge in [-0.2, -0.15) is 0 Å². The van der Waals surface area contributed by atoms with E-state index in [0.29, 0.717) is 11.7 Å². The molecule has 0 saturated carbocycles. The lowest BCUT2D eigenvalue weighted by Crippen LogP contribution is -2.25. The minimum Gasteiger partial charge on any atom is -0.356 e. The van der Waals surface area contributed by atoms with Crippen LogP contribution in [0, 0.1) is 13.8 Å². The van der Waals surface area contributed by atoms with Gasteiger partial charge in [0.25, 0.3) is 0 Å². The summed E-state index contributed by atoms with van der Waals surface area (Å²) in [5, 5.41) is 7.86. The molecule has 2 N–H and O–H groups in total. The van der Waals surface area contributed by atoms with Crippen molar-refractivity contribution in [3.05, 3.63) is 34.7 Å². The molecule has 6 heteroatoms. The van der Waals surface area contributed by atoms with Crippen molar-refractivity contribution in [2.45, 2.75) is 27.2 Å². The highest BCUT2D eigenvalue weighted by atomic mass is 32.1. The van der Waals surface area contributed by atoms with Gasteiger partial charge in [-0.05, 0) is 25.5 Å². The number of aromatic nitrogens is 1. The highest BCUT2D eigenvalue weighted by Gasteiger charge is 2.10. The van der Waals surface area contributed by atoms with Crippen molar-refractivity contribution < 1.29 is 9.59 Å². The topological polar surface area (TPSA) is 71.1 Å². The van der Waals surface area contributed by atoms with Gasteiger partial charge < -0.3 is 10.6 Å². The van der Waals surface area contributed by atoms with Gasteiger partial charge in [0.1, 0.15) is 0 Å². The molecule has 0 saturated heterocycles. The van der Waals surface area contributed by atoms with Crippen LogP contribution in [0.25, 0.3) is 11.3 Å². The van der Waals surface area contributed by atoms with E-state index in [-0.39, 0.29) is 18.2 Å². The van der Waals surface area contributed by atoms with E-state index in [0.717, 1.165) is 16.8 Å². The second-order valence-corrected chi connectivity index (χ2v) is 6.00. The Morgan fingerprint density at radius 1 is 1.27 bits per heavy atom. The number of benzene rings is 1. The third-order valence-corrected chi connectivity index (χ3v) is 3.90. The Hall–Kier alpha value is -2.21. The zero-order chi connectivity index (χ0) is 16.1. The maximum atomic E-state index is 11.8. The Labute approximate surface area is 133 Å². The quantitative estimate of drug-likeness (QED) is 0.891. The van der Waals surface area contributed by atoms with Crippen molar-refractivity contribution in [2.75, 3.05) is 11.9 Å². The van der Waals surface area contributed by atoms with E-state index >= 15 is 0 Å². The lowest BCUT2D eigenvalue weighted by atomic mass is 10.0. The first-order valence-corrected chi connectivity index (χ1v) is 7.91. The Morgan fingerprint density at radius 3 is 2.77 bits per heavy atom. The minimum absolute atomic E-state index is 0.140. The van der Waals surface area contributed by atoms with Gasteiger partial charge in [0, 0.05) is 30.8 Å². The molecule has 0 aliphatic rings. The van der Waals surface area contributed by atoms with E-state index in [1.165, 1.54) is 23.8 Å². The minimum atomic E-state index is -0.157. The zero-order valence-electron chi connectivity index (χ0n) is 12.9. The first-order chi connectivity index (χ1) is 10.5. The van der Waals surface area contributed by atoms with E-state index < -0.39 is 0 Å². The molecule has 116 valence electrons. The molecule has 0 fully saturated rings. The van der Waals surface area contributed by atoms with Crippen LogP contribution in [-0.2, 0) is 9.59 Å². The van der Waals surface area contributed by atoms with Crippen molar-refractivity contribution in [3.8, 4) is 11.3 Å². The van der Waals surface area contributed by atoms with Crippen molar-refractivity contribution >= 4 is 28.3 Å². The molecule has 0 atom stereocenters. The van der Waals surface area contributed by atoms with Crippen molar-refractivity contribution in [1.29, 1.82) is 0 Å². The van der Waals surface area contributed by atoms with E-state index in [1.807, 2.05) is 19.2 Å². The van der Waals surface area contributed by atoms with E-state index in [1.54, 1.807) is 0 Å². The summed E-state index contributed by atoms with van der Waals surface area (Å²) in [5.74, 6) is -0.296. The molecule has 0 radical (unpaired) electrons. The highest BCUT2D eigenvalue weighted by molar-refractivity contribution is 7.14. The number of carbonyl (C=O) groups excluding carboxylic acids is 2. The van der Waals surface area contributed by atoms with Crippen LogP contribution in [0.3, 0.4) is 0 Å². The van der Waals surface area contributed by atoms with Crippen LogP contribution in [0.15, 0.2) is 23.6 Å². The normalized spacial score (nSPS) is 10.3. The van der Waals surface area contributed by atoms with Crippen LogP contribution in [0.2, 0.25) is 0 Å². The maximum Gasteiger partial charge on any atom is 0.227 e. The van der Waals surface area contributed by atoms with Gasteiger partial charge in [-0.15, -0.1) is 11.3 Å². The summed E-state index contributed by atoms with van der Waals surface area (Å²) < 4.78 is 0. The molecule has 0 spiro atoms. The fourth-order valence-electron chi connectivity index (χ4n) is 2.00. The summed E-state index contributed by atoms with van der Waals surface area (Å²) in [6, 6.07) is 6.22. The first kappa shape index (κ1) is 16.2. The molecule has 2 aromatic rings. The van der Waals surface area contributed by atoms with Crippen LogP contribution < -0.4 is 10.6 Å². The van der Waals surface area contributed by atoms with Crippen molar-refractivity contribution in [1.82, 2.24) is 10.3 Å². The molecule has 2 amide bonds. The summed E-state index contributed by atoms with van der Waals surface area (Å²) in [7, 11) is 0. The van der Waals surface area contributed by atoms with Crippen LogP contribution in [0.5, 0.6) is 0 Å². The largest absolute Gasteiger partial charge is 0.356 e. The molecule has 0 aliphatic carbocycles. The molecule has 0 aliphatic heterocycles. The molecule has 1 heterocycles. The fourth-order valence-corrected chi connectivity index (χ4v) is 2.73. The van der Waals surface area contributed by atoms with Gasteiger partial charge in [-0.1, -0.05) is 17.7 Å². The second-order valence-electron chi connectivity index (χ2n) is 5.14. The van der Waals surface area contributed by atoms with E-state index in [4.69, 9.17) is 0 Å². The average Bonchev–Trinajstić information content (AvgIpc) is 2.89. The molecule has 1 aromatic heterocycles. The molecule has 0 bridgehead atoms. The number of anilines is 1. The number of hydrogen-bond donors (Lipinski definition) is 2. The molecule has 2 rings (SSSR count). The van der Waals surface area contributed by atoms with Gasteiger partial charge >= 0.3 is 0 Å². The number of thiazole rings is 1. The number of aryl methyl sites for hydroxylation is 2. The van der Waals surface area contributed by atoms with Crippen molar-refractivity contribution in [3.63, 3.8) is 0 Å². The number of nitrogens with zero attached hydrogens (tertiary/aromatic N) is 1. The SMILES string of the molecule is CC(=O)NCCC(=O)Nc1nc(-c2cc(C)ccc2C)cs1. The molecule has 22 heavy (non-hydrogen) atoms. The summed E-state index contributed by atoms with van der Waals surface area (Å²) >= 11 is 1.40. The predicted molar refractivity (Wildman–Crippen MR) is 89.0 cm³/mol. The Morgan fingerprint density at radius 2 is 2.05 bits per heavy atom. The predicted octanol–water partition coefficient (Wildman–Crippen LogP) is 2.89. The number of hydrogen-bond acceptors (Lipinski definition) is 4. The molecule has 1 aromatic carbocycles. The molecular formula is C16H19N3O2S. The third-order valence-electron chi connectivity index (χ3n) is 3.15. The third kappa shape index (κ3) is 4.39.